The summed E-state index contributed by atoms with van der Waals surface area (Å²) in [6, 6.07) is 5.64. The number of ether oxygens (including phenoxy) is 1. The van der Waals surface area contributed by atoms with E-state index in [1.165, 1.54) is 18.2 Å². The summed E-state index contributed by atoms with van der Waals surface area (Å²) in [4.78, 5) is 34.2. The molecule has 6 nitrogen and oxygen atoms in total. The fraction of sp³-hybridized carbons (Fsp3) is 0.400. The van der Waals surface area contributed by atoms with Crippen molar-refractivity contribution in [2.75, 3.05) is 19.7 Å². The Balaban J connectivity index is 2.20. The normalized spacial score (nSPS) is 9.91. The first kappa shape index (κ1) is 17.6. The van der Waals surface area contributed by atoms with Crippen molar-refractivity contribution in [1.29, 1.82) is 0 Å². The lowest BCUT2D eigenvalue weighted by Gasteiger charge is -2.07. The van der Waals surface area contributed by atoms with E-state index in [4.69, 9.17) is 4.74 Å². The standard InChI is InChI=1S/C15H19FN2O4/c1-2-22-14(20)8-7-13(19)17-9-10-18-15(21)11-5-3-4-6-12(11)16/h3-6H,2,7-10H2,1H3,(H,17,19)(H,18,21). The average Bonchev–Trinajstić information content (AvgIpc) is 2.50. The molecule has 0 aliphatic heterocycles. The smallest absolute Gasteiger partial charge is 0.306 e. The van der Waals surface area contributed by atoms with Crippen molar-refractivity contribution in [1.82, 2.24) is 10.6 Å². The Morgan fingerprint density at radius 3 is 2.45 bits per heavy atom. The number of rotatable bonds is 8. The molecule has 22 heavy (non-hydrogen) atoms. The molecular weight excluding hydrogens is 291 g/mol. The largest absolute Gasteiger partial charge is 0.466 e. The van der Waals surface area contributed by atoms with E-state index in [0.29, 0.717) is 0 Å². The zero-order valence-corrected chi connectivity index (χ0v) is 12.4. The van der Waals surface area contributed by atoms with Gasteiger partial charge < -0.3 is 15.4 Å². The Morgan fingerprint density at radius 2 is 1.77 bits per heavy atom. The third kappa shape index (κ3) is 6.34. The first-order valence-corrected chi connectivity index (χ1v) is 6.99. The third-order valence-corrected chi connectivity index (χ3v) is 2.71. The molecule has 0 atom stereocenters. The van der Waals surface area contributed by atoms with Crippen molar-refractivity contribution in [2.45, 2.75) is 19.8 Å². The topological polar surface area (TPSA) is 84.5 Å². The van der Waals surface area contributed by atoms with Gasteiger partial charge in [-0.05, 0) is 19.1 Å². The lowest BCUT2D eigenvalue weighted by Crippen LogP contribution is -2.35. The van der Waals surface area contributed by atoms with E-state index < -0.39 is 17.7 Å². The lowest BCUT2D eigenvalue weighted by molar-refractivity contribution is -0.144. The predicted molar refractivity (Wildman–Crippen MR) is 77.6 cm³/mol. The molecule has 7 heteroatoms. The van der Waals surface area contributed by atoms with Crippen LogP contribution in [-0.4, -0.2) is 37.5 Å². The summed E-state index contributed by atoms with van der Waals surface area (Å²) in [6.07, 6.45) is 0.0430. The van der Waals surface area contributed by atoms with E-state index in [1.807, 2.05) is 0 Å². The SMILES string of the molecule is CCOC(=O)CCC(=O)NCCNC(=O)c1ccccc1F. The molecule has 2 amide bonds. The number of benzene rings is 1. The lowest BCUT2D eigenvalue weighted by atomic mass is 10.2. The number of hydrogen-bond acceptors (Lipinski definition) is 4. The summed E-state index contributed by atoms with van der Waals surface area (Å²) in [5.41, 5.74) is -0.0452. The minimum atomic E-state index is -0.599. The second-order valence-corrected chi connectivity index (χ2v) is 4.39. The Hall–Kier alpha value is -2.44. The van der Waals surface area contributed by atoms with Crippen LogP contribution in [0.1, 0.15) is 30.1 Å². The van der Waals surface area contributed by atoms with Gasteiger partial charge in [0.15, 0.2) is 0 Å². The van der Waals surface area contributed by atoms with Gasteiger partial charge in [-0.3, -0.25) is 14.4 Å². The second-order valence-electron chi connectivity index (χ2n) is 4.39. The molecule has 0 aliphatic rings. The van der Waals surface area contributed by atoms with Gasteiger partial charge in [-0.1, -0.05) is 12.1 Å². The summed E-state index contributed by atoms with van der Waals surface area (Å²) in [5, 5.41) is 5.04. The molecule has 2 N–H and O–H groups in total. The Morgan fingerprint density at radius 1 is 1.09 bits per heavy atom. The number of halogens is 1. The van der Waals surface area contributed by atoms with Crippen LogP contribution in [0.3, 0.4) is 0 Å². The molecule has 0 bridgehead atoms. The van der Waals surface area contributed by atoms with Gasteiger partial charge in [0.2, 0.25) is 5.91 Å². The Kier molecular flexibility index (Phi) is 7.60. The minimum Gasteiger partial charge on any atom is -0.466 e. The quantitative estimate of drug-likeness (QED) is 0.554. The van der Waals surface area contributed by atoms with E-state index >= 15 is 0 Å². The summed E-state index contributed by atoms with van der Waals surface area (Å²) in [7, 11) is 0. The van der Waals surface area contributed by atoms with Crippen LogP contribution in [0, 0.1) is 5.82 Å². The molecule has 1 aromatic rings. The van der Waals surface area contributed by atoms with Crippen molar-refractivity contribution < 1.29 is 23.5 Å². The molecule has 0 unspecified atom stereocenters. The van der Waals surface area contributed by atoms with Gasteiger partial charge in [0, 0.05) is 19.5 Å². The van der Waals surface area contributed by atoms with E-state index in [2.05, 4.69) is 10.6 Å². The van der Waals surface area contributed by atoms with Crippen LogP contribution >= 0.6 is 0 Å². The van der Waals surface area contributed by atoms with Gasteiger partial charge in [-0.2, -0.15) is 0 Å². The molecule has 0 aromatic heterocycles. The van der Waals surface area contributed by atoms with Crippen LogP contribution in [0.4, 0.5) is 4.39 Å². The maximum Gasteiger partial charge on any atom is 0.306 e. The summed E-state index contributed by atoms with van der Waals surface area (Å²) in [5.74, 6) is -1.88. The monoisotopic (exact) mass is 310 g/mol. The first-order valence-electron chi connectivity index (χ1n) is 6.99. The average molecular weight is 310 g/mol. The first-order chi connectivity index (χ1) is 10.5. The summed E-state index contributed by atoms with van der Waals surface area (Å²) >= 11 is 0. The third-order valence-electron chi connectivity index (χ3n) is 2.71. The molecule has 0 fully saturated rings. The van der Waals surface area contributed by atoms with Crippen LogP contribution in [0.15, 0.2) is 24.3 Å². The van der Waals surface area contributed by atoms with E-state index in [9.17, 15) is 18.8 Å². The molecule has 120 valence electrons. The molecule has 0 heterocycles. The maximum atomic E-state index is 13.3. The molecule has 0 saturated carbocycles. The highest BCUT2D eigenvalue weighted by Gasteiger charge is 2.10. The van der Waals surface area contributed by atoms with Crippen molar-refractivity contribution in [3.8, 4) is 0 Å². The summed E-state index contributed by atoms with van der Waals surface area (Å²) < 4.78 is 18.0. The van der Waals surface area contributed by atoms with Crippen LogP contribution in [-0.2, 0) is 14.3 Å². The van der Waals surface area contributed by atoms with Crippen LogP contribution in [0.2, 0.25) is 0 Å². The second kappa shape index (κ2) is 9.49. The van der Waals surface area contributed by atoms with Gasteiger partial charge in [-0.15, -0.1) is 0 Å². The number of carbonyl (C=O) groups excluding carboxylic acids is 3. The van der Waals surface area contributed by atoms with Gasteiger partial charge in [0.05, 0.1) is 18.6 Å². The van der Waals surface area contributed by atoms with Gasteiger partial charge >= 0.3 is 5.97 Å². The van der Waals surface area contributed by atoms with E-state index in [1.54, 1.807) is 13.0 Å². The molecule has 1 aromatic carbocycles. The van der Waals surface area contributed by atoms with Gasteiger partial charge in [0.25, 0.3) is 5.91 Å². The highest BCUT2D eigenvalue weighted by molar-refractivity contribution is 5.94. The van der Waals surface area contributed by atoms with Crippen molar-refractivity contribution >= 4 is 17.8 Å². The summed E-state index contributed by atoms with van der Waals surface area (Å²) in [6.45, 7) is 2.33. The number of nitrogens with one attached hydrogen (secondary N) is 2. The molecular formula is C15H19FN2O4. The van der Waals surface area contributed by atoms with Crippen LogP contribution in [0.25, 0.3) is 0 Å². The fourth-order valence-corrected chi connectivity index (χ4v) is 1.66. The van der Waals surface area contributed by atoms with Crippen LogP contribution in [0.5, 0.6) is 0 Å². The highest BCUT2D eigenvalue weighted by Crippen LogP contribution is 2.05. The predicted octanol–water partition coefficient (Wildman–Crippen LogP) is 1.02. The fourth-order valence-electron chi connectivity index (χ4n) is 1.66. The maximum absolute atomic E-state index is 13.3. The number of hydrogen-bond donors (Lipinski definition) is 2. The molecule has 1 rings (SSSR count). The minimum absolute atomic E-state index is 0.0151. The molecule has 0 saturated heterocycles. The van der Waals surface area contributed by atoms with Crippen LogP contribution < -0.4 is 10.6 Å². The van der Waals surface area contributed by atoms with Crippen molar-refractivity contribution in [2.24, 2.45) is 0 Å². The molecule has 0 aliphatic carbocycles. The van der Waals surface area contributed by atoms with E-state index in [-0.39, 0.29) is 44.0 Å². The Labute approximate surface area is 128 Å². The van der Waals surface area contributed by atoms with Crippen molar-refractivity contribution in [3.63, 3.8) is 0 Å². The number of carbonyl (C=O) groups is 3. The van der Waals surface area contributed by atoms with Crippen molar-refractivity contribution in [3.05, 3.63) is 35.6 Å². The number of amides is 2. The van der Waals surface area contributed by atoms with Gasteiger partial charge in [-0.25, -0.2) is 4.39 Å². The zero-order chi connectivity index (χ0) is 16.4. The molecule has 0 radical (unpaired) electrons. The van der Waals surface area contributed by atoms with Gasteiger partial charge in [0.1, 0.15) is 5.82 Å². The van der Waals surface area contributed by atoms with E-state index in [0.717, 1.165) is 0 Å². The Bertz CT molecular complexity index is 534. The highest BCUT2D eigenvalue weighted by atomic mass is 19.1. The molecule has 0 spiro atoms. The number of esters is 1. The zero-order valence-electron chi connectivity index (χ0n) is 12.4.